The van der Waals surface area contributed by atoms with Gasteiger partial charge in [-0.3, -0.25) is 0 Å². The molecule has 1 aliphatic rings. The molecule has 2 atom stereocenters. The molecule has 0 aliphatic heterocycles. The first-order valence-corrected chi connectivity index (χ1v) is 7.84. The van der Waals surface area contributed by atoms with Crippen LogP contribution in [-0.4, -0.2) is 9.30 Å². The zero-order valence-corrected chi connectivity index (χ0v) is 12.6. The molecule has 2 unspecified atom stereocenters. The third kappa shape index (κ3) is 3.64. The maximum absolute atomic E-state index is 12.2. The third-order valence-corrected chi connectivity index (χ3v) is 4.95. The van der Waals surface area contributed by atoms with Crippen LogP contribution in [0, 0.1) is 5.92 Å². The van der Waals surface area contributed by atoms with Crippen molar-refractivity contribution in [1.82, 2.24) is 4.72 Å². The molecule has 1 aliphatic carbocycles. The van der Waals surface area contributed by atoms with Gasteiger partial charge in [0.05, 0.1) is 6.04 Å². The van der Waals surface area contributed by atoms with Crippen molar-refractivity contribution in [1.29, 1.82) is 0 Å². The Balaban J connectivity index is 2.11. The Hall–Kier alpha value is -0.220. The first kappa shape index (κ1) is 14.2. The molecule has 2 rings (SSSR count). The van der Waals surface area contributed by atoms with Gasteiger partial charge in [0, 0.05) is 16.4 Å². The van der Waals surface area contributed by atoms with Crippen molar-refractivity contribution in [3.05, 3.63) is 34.9 Å². The van der Waals surface area contributed by atoms with Gasteiger partial charge in [0.15, 0.2) is 0 Å². The van der Waals surface area contributed by atoms with Crippen LogP contribution in [0.1, 0.15) is 45.2 Å². The van der Waals surface area contributed by atoms with Crippen molar-refractivity contribution >= 4 is 23.0 Å². The zero-order chi connectivity index (χ0) is 13.3. The molecule has 0 saturated heterocycles. The van der Waals surface area contributed by atoms with Crippen LogP contribution in [0.4, 0.5) is 0 Å². The molecule has 1 fully saturated rings. The van der Waals surface area contributed by atoms with E-state index in [2.05, 4.69) is 4.72 Å². The molecule has 1 N–H and O–H groups in total. The predicted octanol–water partition coefficient (Wildman–Crippen LogP) is 3.84. The van der Waals surface area contributed by atoms with E-state index >= 15 is 0 Å². The van der Waals surface area contributed by atoms with Gasteiger partial charge in [-0.05, 0) is 57.2 Å². The maximum Gasteiger partial charge on any atom is 0.136 e. The highest BCUT2D eigenvalue weighted by Crippen LogP contribution is 2.42. The van der Waals surface area contributed by atoms with E-state index in [0.717, 1.165) is 5.02 Å². The van der Waals surface area contributed by atoms with Gasteiger partial charge in [-0.15, -0.1) is 4.72 Å². The molecule has 0 bridgehead atoms. The van der Waals surface area contributed by atoms with Crippen molar-refractivity contribution in [3.63, 3.8) is 0 Å². The minimum atomic E-state index is -1.04. The number of benzene rings is 1. The summed E-state index contributed by atoms with van der Waals surface area (Å²) in [6, 6.07) is 8.03. The minimum absolute atomic E-state index is 0.183. The van der Waals surface area contributed by atoms with Gasteiger partial charge in [0.1, 0.15) is 4.75 Å². The average Bonchev–Trinajstić information content (AvgIpc) is 3.09. The Labute approximate surface area is 117 Å². The van der Waals surface area contributed by atoms with E-state index in [9.17, 15) is 4.55 Å². The highest BCUT2D eigenvalue weighted by Gasteiger charge is 2.38. The molecule has 0 aromatic heterocycles. The monoisotopic (exact) mass is 285 g/mol. The number of hydrogen-bond donors (Lipinski definition) is 1. The summed E-state index contributed by atoms with van der Waals surface area (Å²) in [5.41, 5.74) is 1.18. The van der Waals surface area contributed by atoms with Crippen LogP contribution in [0.2, 0.25) is 5.02 Å². The summed E-state index contributed by atoms with van der Waals surface area (Å²) in [6.45, 7) is 5.96. The van der Waals surface area contributed by atoms with Crippen LogP contribution in [0.15, 0.2) is 24.3 Å². The summed E-state index contributed by atoms with van der Waals surface area (Å²) in [6.07, 6.45) is 2.42. The van der Waals surface area contributed by atoms with Gasteiger partial charge >= 0.3 is 0 Å². The van der Waals surface area contributed by atoms with Crippen molar-refractivity contribution in [3.8, 4) is 0 Å². The molecule has 1 aromatic carbocycles. The van der Waals surface area contributed by atoms with Gasteiger partial charge in [-0.2, -0.15) is 0 Å². The summed E-state index contributed by atoms with van der Waals surface area (Å²) >= 11 is 4.87. The maximum atomic E-state index is 12.2. The van der Waals surface area contributed by atoms with Gasteiger partial charge < -0.3 is 4.55 Å². The number of hydrogen-bond acceptors (Lipinski definition) is 2. The summed E-state index contributed by atoms with van der Waals surface area (Å²) in [5, 5.41) is 0.741. The largest absolute Gasteiger partial charge is 0.598 e. The summed E-state index contributed by atoms with van der Waals surface area (Å²) in [7, 11) is 0. The van der Waals surface area contributed by atoms with Gasteiger partial charge in [0.2, 0.25) is 0 Å². The van der Waals surface area contributed by atoms with Gasteiger partial charge in [0.25, 0.3) is 0 Å². The van der Waals surface area contributed by atoms with E-state index < -0.39 is 11.4 Å². The van der Waals surface area contributed by atoms with E-state index in [1.54, 1.807) is 0 Å². The average molecular weight is 286 g/mol. The fourth-order valence-corrected chi connectivity index (χ4v) is 2.87. The van der Waals surface area contributed by atoms with Crippen molar-refractivity contribution in [2.24, 2.45) is 5.92 Å². The Morgan fingerprint density at radius 1 is 1.28 bits per heavy atom. The molecule has 2 nitrogen and oxygen atoms in total. The summed E-state index contributed by atoms with van der Waals surface area (Å²) in [5.74, 6) is 0.609. The normalized spacial score (nSPS) is 19.6. The molecule has 0 radical (unpaired) electrons. The predicted molar refractivity (Wildman–Crippen MR) is 77.9 cm³/mol. The molecule has 100 valence electrons. The van der Waals surface area contributed by atoms with Crippen molar-refractivity contribution < 1.29 is 4.55 Å². The van der Waals surface area contributed by atoms with Crippen LogP contribution >= 0.6 is 11.6 Å². The number of nitrogens with one attached hydrogen (secondary N) is 1. The van der Waals surface area contributed by atoms with Crippen LogP contribution in [0.25, 0.3) is 0 Å². The molecule has 0 heterocycles. The molecule has 18 heavy (non-hydrogen) atoms. The van der Waals surface area contributed by atoms with Crippen LogP contribution in [0.3, 0.4) is 0 Å². The molecular formula is C14H20ClNOS. The molecule has 4 heteroatoms. The van der Waals surface area contributed by atoms with E-state index in [0.29, 0.717) is 5.92 Å². The second-order valence-electron chi connectivity index (χ2n) is 5.87. The Morgan fingerprint density at radius 2 is 1.83 bits per heavy atom. The van der Waals surface area contributed by atoms with Crippen LogP contribution in [-0.2, 0) is 11.4 Å². The fraction of sp³-hybridized carbons (Fsp3) is 0.571. The standard InChI is InChI=1S/C14H20ClNOS/c1-14(2,3)18(17)16-13(10-4-5-10)11-6-8-12(15)9-7-11/h6-10,13,16H,4-5H2,1-3H3. The second kappa shape index (κ2) is 5.41. The van der Waals surface area contributed by atoms with Crippen LogP contribution < -0.4 is 4.72 Å². The second-order valence-corrected chi connectivity index (χ2v) is 8.30. The first-order chi connectivity index (χ1) is 8.38. The van der Waals surface area contributed by atoms with Crippen molar-refractivity contribution in [2.75, 3.05) is 0 Å². The first-order valence-electron chi connectivity index (χ1n) is 6.31. The molecular weight excluding hydrogens is 266 g/mol. The number of rotatable bonds is 4. The van der Waals surface area contributed by atoms with Gasteiger partial charge in [-0.25, -0.2) is 0 Å². The van der Waals surface area contributed by atoms with Crippen molar-refractivity contribution in [2.45, 2.75) is 44.4 Å². The van der Waals surface area contributed by atoms with Crippen LogP contribution in [0.5, 0.6) is 0 Å². The van der Waals surface area contributed by atoms with E-state index in [-0.39, 0.29) is 10.8 Å². The zero-order valence-electron chi connectivity index (χ0n) is 11.1. The lowest BCUT2D eigenvalue weighted by molar-refractivity contribution is 0.503. The summed E-state index contributed by atoms with van der Waals surface area (Å²) < 4.78 is 15.3. The molecule has 1 saturated carbocycles. The molecule has 0 amide bonds. The van der Waals surface area contributed by atoms with E-state index in [1.807, 2.05) is 45.0 Å². The summed E-state index contributed by atoms with van der Waals surface area (Å²) in [4.78, 5) is 0. The van der Waals surface area contributed by atoms with Gasteiger partial charge in [-0.1, -0.05) is 23.7 Å². The highest BCUT2D eigenvalue weighted by atomic mass is 35.5. The lowest BCUT2D eigenvalue weighted by Gasteiger charge is -2.28. The molecule has 0 spiro atoms. The SMILES string of the molecule is CC(C)(C)[S+]([O-])NC(c1ccc(Cl)cc1)C1CC1. The quantitative estimate of drug-likeness (QED) is 0.853. The number of halogens is 1. The van der Waals surface area contributed by atoms with E-state index in [1.165, 1.54) is 18.4 Å². The smallest absolute Gasteiger partial charge is 0.136 e. The Morgan fingerprint density at radius 3 is 2.28 bits per heavy atom. The Kier molecular flexibility index (Phi) is 4.27. The molecule has 1 aromatic rings. The minimum Gasteiger partial charge on any atom is -0.598 e. The lowest BCUT2D eigenvalue weighted by Crippen LogP contribution is -2.41. The van der Waals surface area contributed by atoms with E-state index in [4.69, 9.17) is 11.6 Å². The highest BCUT2D eigenvalue weighted by molar-refractivity contribution is 7.90. The lowest BCUT2D eigenvalue weighted by atomic mass is 10.0. The Bertz CT molecular complexity index is 397. The third-order valence-electron chi connectivity index (χ3n) is 3.11. The topological polar surface area (TPSA) is 35.1 Å². The fourth-order valence-electron chi connectivity index (χ4n) is 1.83.